The van der Waals surface area contributed by atoms with Crippen LogP contribution in [0.2, 0.25) is 0 Å². The molecule has 2 aliphatic rings. The predicted octanol–water partition coefficient (Wildman–Crippen LogP) is 19.6. The second-order valence-electron chi connectivity index (χ2n) is 19.4. The van der Waals surface area contributed by atoms with Crippen molar-refractivity contribution in [2.24, 2.45) is 0 Å². The van der Waals surface area contributed by atoms with E-state index in [1.54, 1.807) is 0 Å². The van der Waals surface area contributed by atoms with Gasteiger partial charge in [-0.15, -0.1) is 0 Å². The third-order valence-electron chi connectivity index (χ3n) is 15.4. The summed E-state index contributed by atoms with van der Waals surface area (Å²) in [5.74, 6) is 0.205. The molecule has 362 valence electrons. The lowest BCUT2D eigenvalue weighted by Crippen LogP contribution is -2.10. The van der Waals surface area contributed by atoms with Gasteiger partial charge in [0, 0.05) is 56.0 Å². The van der Waals surface area contributed by atoms with Crippen LogP contribution in [-0.4, -0.2) is 4.40 Å². The van der Waals surface area contributed by atoms with Crippen LogP contribution in [0.25, 0.3) is 83.3 Å². The second-order valence-corrected chi connectivity index (χ2v) is 19.4. The average molecular weight is 966 g/mol. The number of para-hydroxylation sites is 3. The maximum Gasteiger partial charge on any atom is 0.0620 e. The van der Waals surface area contributed by atoms with E-state index in [2.05, 4.69) is 236 Å². The molecule has 1 atom stereocenters. The van der Waals surface area contributed by atoms with E-state index >= 15 is 0 Å². The standard InChI is InChI=1S/C64H46N2.C6H7N.C2H6/c1-4-51(63-52(5-2)58-19-13-20-59-57-18-11-12-21-62(57)66(63)64(58)59)46-27-34-55-56-35-32-50(39-61(56)40(3)60(55)38-46)65(48-28-22-42(23-29-48)41-14-7-6-8-15-41)49-30-24-43(25-31-49)44-26-33-54-47(36-44)37-45-16-9-10-17-53(45)54;7-6-4-2-1-3-5-6;1-2/h4-36,38-40H,2,37H2,1,3H3;1-5H,7H2;1-2H3/b51-4-;;. The van der Waals surface area contributed by atoms with Crippen LogP contribution in [0.5, 0.6) is 0 Å². The number of rotatable bonds is 8. The van der Waals surface area contributed by atoms with E-state index in [4.69, 9.17) is 5.73 Å². The number of fused-ring (bicyclic) bond motifs is 9. The molecule has 0 bridgehead atoms. The molecule has 2 heterocycles. The minimum atomic E-state index is 0.205. The highest BCUT2D eigenvalue weighted by molar-refractivity contribution is 6.18. The molecule has 0 radical (unpaired) electrons. The van der Waals surface area contributed by atoms with Crippen molar-refractivity contribution < 1.29 is 0 Å². The van der Waals surface area contributed by atoms with E-state index in [1.807, 2.05) is 50.3 Å². The summed E-state index contributed by atoms with van der Waals surface area (Å²) in [6.07, 6.45) is 5.32. The van der Waals surface area contributed by atoms with Gasteiger partial charge in [-0.1, -0.05) is 209 Å². The molecule has 0 saturated heterocycles. The Hall–Kier alpha value is -9.18. The molecule has 3 nitrogen and oxygen atoms in total. The summed E-state index contributed by atoms with van der Waals surface area (Å²) in [6.45, 7) is 12.9. The highest BCUT2D eigenvalue weighted by Gasteiger charge is 2.29. The molecular weight excluding hydrogens is 907 g/mol. The Morgan fingerprint density at radius 2 is 1.05 bits per heavy atom. The molecule has 0 aliphatic heterocycles. The van der Waals surface area contributed by atoms with Gasteiger partial charge in [-0.3, -0.25) is 0 Å². The maximum atomic E-state index is 5.36. The van der Waals surface area contributed by atoms with Crippen LogP contribution in [-0.2, 0) is 6.42 Å². The van der Waals surface area contributed by atoms with Gasteiger partial charge in [0.2, 0.25) is 0 Å². The largest absolute Gasteiger partial charge is 0.399 e. The van der Waals surface area contributed by atoms with E-state index in [-0.39, 0.29) is 5.92 Å². The van der Waals surface area contributed by atoms with E-state index in [1.165, 1.54) is 116 Å². The Bertz CT molecular complexity index is 4080. The predicted molar refractivity (Wildman–Crippen MR) is 322 cm³/mol. The summed E-state index contributed by atoms with van der Waals surface area (Å²) < 4.78 is 2.47. The normalized spacial score (nSPS) is 13.1. The summed E-state index contributed by atoms with van der Waals surface area (Å²) in [5, 5.41) is 3.80. The van der Waals surface area contributed by atoms with E-state index in [9.17, 15) is 0 Å². The van der Waals surface area contributed by atoms with Crippen LogP contribution in [0.4, 0.5) is 22.7 Å². The van der Waals surface area contributed by atoms with Gasteiger partial charge >= 0.3 is 0 Å². The summed E-state index contributed by atoms with van der Waals surface area (Å²) in [6, 6.07) is 83.8. The van der Waals surface area contributed by atoms with Crippen molar-refractivity contribution in [3.8, 4) is 44.5 Å². The molecule has 2 aliphatic carbocycles. The molecule has 0 fully saturated rings. The Morgan fingerprint density at radius 1 is 0.507 bits per heavy atom. The lowest BCUT2D eigenvalue weighted by atomic mass is 9.92. The van der Waals surface area contributed by atoms with E-state index in [0.29, 0.717) is 0 Å². The van der Waals surface area contributed by atoms with E-state index < -0.39 is 0 Å². The summed E-state index contributed by atoms with van der Waals surface area (Å²) in [7, 11) is 0. The number of benzene rings is 10. The number of hydrogen-bond donors (Lipinski definition) is 1. The molecule has 2 N–H and O–H groups in total. The highest BCUT2D eigenvalue weighted by Crippen LogP contribution is 2.50. The second kappa shape index (κ2) is 19.7. The van der Waals surface area contributed by atoms with Gasteiger partial charge in [0.05, 0.1) is 16.7 Å². The molecule has 3 heteroatoms. The molecule has 75 heavy (non-hydrogen) atoms. The van der Waals surface area contributed by atoms with E-state index in [0.717, 1.165) is 29.2 Å². The summed E-state index contributed by atoms with van der Waals surface area (Å²) in [5.41, 5.74) is 32.6. The Labute approximate surface area is 441 Å². The first-order chi connectivity index (χ1) is 36.9. The van der Waals surface area contributed by atoms with Crippen LogP contribution in [0, 0.1) is 0 Å². The zero-order chi connectivity index (χ0) is 51.2. The minimum absolute atomic E-state index is 0.205. The molecule has 10 aromatic carbocycles. The Morgan fingerprint density at radius 3 is 1.75 bits per heavy atom. The van der Waals surface area contributed by atoms with Crippen LogP contribution < -0.4 is 10.6 Å². The quantitative estimate of drug-likeness (QED) is 0.154. The maximum absolute atomic E-state index is 5.36. The Balaban J connectivity index is 0.000000581. The number of nitrogens with two attached hydrogens (primary N) is 1. The number of nitrogen functional groups attached to an aromatic ring is 1. The van der Waals surface area contributed by atoms with Gasteiger partial charge in [0.25, 0.3) is 0 Å². The van der Waals surface area contributed by atoms with Crippen molar-refractivity contribution in [3.63, 3.8) is 0 Å². The summed E-state index contributed by atoms with van der Waals surface area (Å²) >= 11 is 0. The number of allylic oxidation sites excluding steroid dienone is 1. The number of nitrogens with zero attached hydrogens (tertiary/aromatic N) is 2. The van der Waals surface area contributed by atoms with Crippen molar-refractivity contribution in [1.29, 1.82) is 0 Å². The molecule has 0 amide bonds. The molecule has 12 aromatic rings. The SMILES string of the molecule is C=Cc1c(/C(=C\C)c2ccc3c(c2)C(C)c2cc(N(c4ccc(-c5ccccc5)cc4)c4ccc(-c5ccc6c(c5)Cc5ccccc5-6)cc4)ccc2-3)n2c3ccccc3c3cccc1c32.CC.Nc1ccccc1. The number of anilines is 4. The molecule has 0 spiro atoms. The van der Waals surface area contributed by atoms with Crippen molar-refractivity contribution in [1.82, 2.24) is 4.40 Å². The number of hydrogen-bond acceptors (Lipinski definition) is 2. The van der Waals surface area contributed by atoms with Gasteiger partial charge in [0.1, 0.15) is 0 Å². The smallest absolute Gasteiger partial charge is 0.0620 e. The fourth-order valence-electron chi connectivity index (χ4n) is 11.9. The first-order valence-corrected chi connectivity index (χ1v) is 26.4. The Kier molecular flexibility index (Phi) is 12.3. The van der Waals surface area contributed by atoms with Crippen LogP contribution in [0.3, 0.4) is 0 Å². The monoisotopic (exact) mass is 965 g/mol. The van der Waals surface area contributed by atoms with Crippen molar-refractivity contribution in [2.75, 3.05) is 10.6 Å². The topological polar surface area (TPSA) is 33.7 Å². The zero-order valence-corrected chi connectivity index (χ0v) is 43.1. The average Bonchev–Trinajstić information content (AvgIpc) is 4.29. The lowest BCUT2D eigenvalue weighted by Gasteiger charge is -2.27. The van der Waals surface area contributed by atoms with Gasteiger partial charge in [0.15, 0.2) is 0 Å². The van der Waals surface area contributed by atoms with Crippen LogP contribution >= 0.6 is 0 Å². The van der Waals surface area contributed by atoms with Crippen molar-refractivity contribution in [2.45, 2.75) is 40.0 Å². The van der Waals surface area contributed by atoms with Gasteiger partial charge in [-0.05, 0) is 146 Å². The third-order valence-corrected chi connectivity index (χ3v) is 15.4. The highest BCUT2D eigenvalue weighted by atomic mass is 15.1. The fraction of sp³-hybridized carbons (Fsp3) is 0.0833. The zero-order valence-electron chi connectivity index (χ0n) is 43.1. The minimum Gasteiger partial charge on any atom is -0.399 e. The molecule has 14 rings (SSSR count). The molecular formula is C72H59N3. The molecule has 1 unspecified atom stereocenters. The van der Waals surface area contributed by atoms with Crippen molar-refractivity contribution >= 4 is 61.6 Å². The van der Waals surface area contributed by atoms with Gasteiger partial charge < -0.3 is 15.0 Å². The van der Waals surface area contributed by atoms with Gasteiger partial charge in [-0.2, -0.15) is 0 Å². The fourth-order valence-corrected chi connectivity index (χ4v) is 11.9. The lowest BCUT2D eigenvalue weighted by molar-refractivity contribution is 0.955. The van der Waals surface area contributed by atoms with Crippen LogP contribution in [0.1, 0.15) is 72.7 Å². The summed E-state index contributed by atoms with van der Waals surface area (Å²) in [4.78, 5) is 2.42. The first-order valence-electron chi connectivity index (χ1n) is 26.4. The van der Waals surface area contributed by atoms with Crippen LogP contribution in [0.15, 0.2) is 243 Å². The first kappa shape index (κ1) is 46.9. The van der Waals surface area contributed by atoms with Crippen molar-refractivity contribution in [3.05, 3.63) is 282 Å². The molecule has 0 saturated carbocycles. The third kappa shape index (κ3) is 8.09. The van der Waals surface area contributed by atoms with Gasteiger partial charge in [-0.25, -0.2) is 0 Å². The number of aromatic nitrogens is 1. The molecule has 2 aromatic heterocycles.